The summed E-state index contributed by atoms with van der Waals surface area (Å²) in [6.45, 7) is 22.1. The van der Waals surface area contributed by atoms with Crippen molar-refractivity contribution in [1.82, 2.24) is 0 Å². The molecule has 1 heteroatoms. The smallest absolute Gasteiger partial charge is 0.0736 e. The monoisotopic (exact) mass is 352 g/mol. The van der Waals surface area contributed by atoms with Crippen molar-refractivity contribution in [1.29, 1.82) is 0 Å². The molecule has 0 N–H and O–H groups in total. The molecule has 2 aliphatic rings. The number of rotatable bonds is 3. The van der Waals surface area contributed by atoms with Crippen LogP contribution in [-0.4, -0.2) is 8.07 Å². The first-order chi connectivity index (χ1) is 11.4. The van der Waals surface area contributed by atoms with Crippen LogP contribution >= 0.6 is 0 Å². The summed E-state index contributed by atoms with van der Waals surface area (Å²) in [5.41, 5.74) is 7.01. The van der Waals surface area contributed by atoms with Gasteiger partial charge in [0.1, 0.15) is 0 Å². The molecule has 136 valence electrons. The zero-order chi connectivity index (χ0) is 18.8. The maximum absolute atomic E-state index is 2.63. The van der Waals surface area contributed by atoms with Gasteiger partial charge in [-0.1, -0.05) is 89.8 Å². The average Bonchev–Trinajstić information content (AvgIpc) is 2.85. The standard InChI is InChI=1S/C24H36Si/c1-10-12-17-13-14-20-19(18(17)11-2)15-21(25(7,8)9)24(20)22(3,4)16-23(24,5)6/h10,12-15H,11,16H2,1-9H3/b12-10+. The van der Waals surface area contributed by atoms with E-state index in [2.05, 4.69) is 91.5 Å². The summed E-state index contributed by atoms with van der Waals surface area (Å²) in [6, 6.07) is 4.85. The summed E-state index contributed by atoms with van der Waals surface area (Å²) in [6.07, 6.45) is 9.50. The molecule has 0 saturated heterocycles. The fraction of sp³-hybridized carbons (Fsp3) is 0.583. The Bertz CT molecular complexity index is 752. The van der Waals surface area contributed by atoms with E-state index in [4.69, 9.17) is 0 Å². The van der Waals surface area contributed by atoms with Crippen LogP contribution in [0.5, 0.6) is 0 Å². The fourth-order valence-electron chi connectivity index (χ4n) is 6.72. The highest BCUT2D eigenvalue weighted by Gasteiger charge is 2.70. The Kier molecular flexibility index (Phi) is 4.08. The zero-order valence-electron chi connectivity index (χ0n) is 17.8. The average molecular weight is 353 g/mol. The lowest BCUT2D eigenvalue weighted by Crippen LogP contribution is -2.66. The van der Waals surface area contributed by atoms with Crippen molar-refractivity contribution >= 4 is 20.2 Å². The molecular weight excluding hydrogens is 316 g/mol. The number of hydrogen-bond acceptors (Lipinski definition) is 0. The highest BCUT2D eigenvalue weighted by molar-refractivity contribution is 6.84. The Hall–Kier alpha value is -1.08. The second-order valence-electron chi connectivity index (χ2n) is 10.5. The van der Waals surface area contributed by atoms with Crippen LogP contribution in [0.4, 0.5) is 0 Å². The molecule has 1 saturated carbocycles. The van der Waals surface area contributed by atoms with Crippen molar-refractivity contribution in [3.8, 4) is 0 Å². The molecule has 1 aromatic rings. The summed E-state index contributed by atoms with van der Waals surface area (Å²) in [7, 11) is -1.43. The predicted molar refractivity (Wildman–Crippen MR) is 116 cm³/mol. The van der Waals surface area contributed by atoms with Crippen LogP contribution in [0.3, 0.4) is 0 Å². The molecule has 0 radical (unpaired) electrons. The zero-order valence-corrected chi connectivity index (χ0v) is 18.8. The molecule has 0 aromatic heterocycles. The van der Waals surface area contributed by atoms with Gasteiger partial charge in [-0.15, -0.1) is 0 Å². The van der Waals surface area contributed by atoms with Crippen molar-refractivity contribution < 1.29 is 0 Å². The van der Waals surface area contributed by atoms with E-state index in [0.29, 0.717) is 10.8 Å². The molecule has 1 spiro atoms. The van der Waals surface area contributed by atoms with Crippen LogP contribution < -0.4 is 0 Å². The largest absolute Gasteiger partial charge is 0.0871 e. The third-order valence-corrected chi connectivity index (χ3v) is 9.05. The maximum atomic E-state index is 2.63. The first kappa shape index (κ1) is 18.7. The fourth-order valence-corrected chi connectivity index (χ4v) is 9.23. The molecule has 1 aromatic carbocycles. The van der Waals surface area contributed by atoms with Crippen molar-refractivity contribution in [2.75, 3.05) is 0 Å². The molecule has 0 amide bonds. The lowest BCUT2D eigenvalue weighted by atomic mass is 9.37. The van der Waals surface area contributed by atoms with E-state index in [1.807, 2.05) is 0 Å². The molecule has 0 bridgehead atoms. The Labute approximate surface area is 156 Å². The molecular formula is C24H36Si. The molecule has 0 atom stereocenters. The summed E-state index contributed by atoms with van der Waals surface area (Å²) in [4.78, 5) is 0. The molecule has 0 aliphatic heterocycles. The van der Waals surface area contributed by atoms with E-state index in [9.17, 15) is 0 Å². The molecule has 3 rings (SSSR count). The normalized spacial score (nSPS) is 22.8. The third-order valence-electron chi connectivity index (χ3n) is 6.91. The first-order valence-electron chi connectivity index (χ1n) is 9.96. The Morgan fingerprint density at radius 2 is 1.64 bits per heavy atom. The summed E-state index contributed by atoms with van der Waals surface area (Å²) in [5.74, 6) is 0. The molecule has 1 fully saturated rings. The van der Waals surface area contributed by atoms with Crippen LogP contribution in [0.2, 0.25) is 19.6 Å². The SMILES string of the molecule is C/C=C/c1ccc2c(c1CC)C=C([Si](C)(C)C)C21C(C)(C)CC1(C)C. The van der Waals surface area contributed by atoms with Gasteiger partial charge >= 0.3 is 0 Å². The summed E-state index contributed by atoms with van der Waals surface area (Å²) < 4.78 is 0. The molecule has 0 unspecified atom stereocenters. The molecule has 0 heterocycles. The van der Waals surface area contributed by atoms with Crippen molar-refractivity contribution in [2.24, 2.45) is 10.8 Å². The number of fused-ring (bicyclic) bond motifs is 2. The van der Waals surface area contributed by atoms with Gasteiger partial charge in [0.15, 0.2) is 0 Å². The Balaban J connectivity index is 2.39. The first-order valence-corrected chi connectivity index (χ1v) is 13.5. The highest BCUT2D eigenvalue weighted by Crippen LogP contribution is 2.75. The van der Waals surface area contributed by atoms with Crippen LogP contribution in [0.1, 0.15) is 70.2 Å². The van der Waals surface area contributed by atoms with Crippen molar-refractivity contribution in [3.05, 3.63) is 45.7 Å². The predicted octanol–water partition coefficient (Wildman–Crippen LogP) is 7.25. The quantitative estimate of drug-likeness (QED) is 0.502. The van der Waals surface area contributed by atoms with Crippen LogP contribution in [0.25, 0.3) is 12.2 Å². The Morgan fingerprint density at radius 3 is 2.08 bits per heavy atom. The minimum absolute atomic E-state index is 0.220. The van der Waals surface area contributed by atoms with E-state index in [1.165, 1.54) is 12.0 Å². The topological polar surface area (TPSA) is 0 Å². The van der Waals surface area contributed by atoms with Crippen molar-refractivity contribution in [3.63, 3.8) is 0 Å². The molecule has 25 heavy (non-hydrogen) atoms. The highest BCUT2D eigenvalue weighted by atomic mass is 28.3. The molecule has 0 nitrogen and oxygen atoms in total. The summed E-state index contributed by atoms with van der Waals surface area (Å²) in [5, 5.41) is 1.78. The number of allylic oxidation sites excluding steroid dienone is 2. The van der Waals surface area contributed by atoms with Crippen molar-refractivity contribution in [2.45, 2.75) is 79.4 Å². The number of benzene rings is 1. The van der Waals surface area contributed by atoms with Gasteiger partial charge in [-0.25, -0.2) is 0 Å². The van der Waals surface area contributed by atoms with Crippen LogP contribution in [-0.2, 0) is 11.8 Å². The lowest BCUT2D eigenvalue weighted by Gasteiger charge is -2.69. The minimum Gasteiger partial charge on any atom is -0.0871 e. The molecule has 2 aliphatic carbocycles. The maximum Gasteiger partial charge on any atom is 0.0736 e. The van der Waals surface area contributed by atoms with Gasteiger partial charge in [0.05, 0.1) is 8.07 Å². The van der Waals surface area contributed by atoms with Gasteiger partial charge in [-0.3, -0.25) is 0 Å². The van der Waals surface area contributed by atoms with Gasteiger partial charge < -0.3 is 0 Å². The van der Waals surface area contributed by atoms with E-state index >= 15 is 0 Å². The van der Waals surface area contributed by atoms with Gasteiger partial charge in [0, 0.05) is 5.41 Å². The summed E-state index contributed by atoms with van der Waals surface area (Å²) >= 11 is 0. The van der Waals surface area contributed by atoms with E-state index < -0.39 is 8.07 Å². The van der Waals surface area contributed by atoms with Crippen LogP contribution in [0, 0.1) is 10.8 Å². The second-order valence-corrected chi connectivity index (χ2v) is 15.5. The number of hydrogen-bond donors (Lipinski definition) is 0. The Morgan fingerprint density at radius 1 is 1.04 bits per heavy atom. The van der Waals surface area contributed by atoms with Gasteiger partial charge in [-0.2, -0.15) is 0 Å². The minimum atomic E-state index is -1.43. The van der Waals surface area contributed by atoms with Crippen LogP contribution in [0.15, 0.2) is 23.4 Å². The van der Waals surface area contributed by atoms with E-state index in [1.54, 1.807) is 21.9 Å². The lowest BCUT2D eigenvalue weighted by molar-refractivity contribution is -0.0852. The third kappa shape index (κ3) is 2.24. The second kappa shape index (κ2) is 5.46. The van der Waals surface area contributed by atoms with E-state index in [-0.39, 0.29) is 5.41 Å². The van der Waals surface area contributed by atoms with Gasteiger partial charge in [-0.05, 0) is 52.8 Å². The van der Waals surface area contributed by atoms with Gasteiger partial charge in [0.25, 0.3) is 0 Å². The van der Waals surface area contributed by atoms with Gasteiger partial charge in [0.2, 0.25) is 0 Å². The van der Waals surface area contributed by atoms with E-state index in [0.717, 1.165) is 6.42 Å².